The van der Waals surface area contributed by atoms with E-state index in [1.54, 1.807) is 24.3 Å². The normalized spacial score (nSPS) is 12.7. The smallest absolute Gasteiger partial charge is 0.251 e. The van der Waals surface area contributed by atoms with Crippen LogP contribution in [-0.2, 0) is 17.6 Å². The predicted octanol–water partition coefficient (Wildman–Crippen LogP) is 4.29. The van der Waals surface area contributed by atoms with E-state index < -0.39 is 6.10 Å². The summed E-state index contributed by atoms with van der Waals surface area (Å²) in [7, 11) is 0. The second kappa shape index (κ2) is 10.1. The molecule has 1 unspecified atom stereocenters. The van der Waals surface area contributed by atoms with E-state index >= 15 is 0 Å². The van der Waals surface area contributed by atoms with Gasteiger partial charge in [0.05, 0.1) is 0 Å². The summed E-state index contributed by atoms with van der Waals surface area (Å²) in [5, 5.41) is 17.0. The third-order valence-electron chi connectivity index (χ3n) is 4.77. The van der Waals surface area contributed by atoms with Crippen molar-refractivity contribution in [2.75, 3.05) is 0 Å². The quantitative estimate of drug-likeness (QED) is 0.577. The number of amides is 1. The Morgan fingerprint density at radius 2 is 1.34 bits per heavy atom. The molecule has 5 heteroatoms. The van der Waals surface area contributed by atoms with Crippen LogP contribution in [0.1, 0.15) is 68.6 Å². The number of aliphatic hydroxyl groups is 1. The maximum atomic E-state index is 12.9. The van der Waals surface area contributed by atoms with Crippen molar-refractivity contribution in [2.24, 2.45) is 0 Å². The van der Waals surface area contributed by atoms with E-state index in [4.69, 9.17) is 0 Å². The van der Waals surface area contributed by atoms with Crippen LogP contribution in [0, 0.1) is 0 Å². The van der Waals surface area contributed by atoms with Crippen LogP contribution in [0.15, 0.2) is 55.1 Å². The minimum Gasteiger partial charge on any atom is -0.385 e. The van der Waals surface area contributed by atoms with Crippen molar-refractivity contribution in [2.45, 2.75) is 71.6 Å². The van der Waals surface area contributed by atoms with E-state index in [1.807, 2.05) is 65.8 Å². The van der Waals surface area contributed by atoms with E-state index in [0.717, 1.165) is 16.8 Å². The number of Topliss-reactive ketones (excluding diaryl/α,β-unsaturated/α-hetero) is 1. The van der Waals surface area contributed by atoms with Gasteiger partial charge in [0.25, 0.3) is 5.91 Å². The second-order valence-corrected chi connectivity index (χ2v) is 10.2. The van der Waals surface area contributed by atoms with Gasteiger partial charge >= 0.3 is 0 Å². The zero-order valence-corrected chi connectivity index (χ0v) is 20.1. The molecule has 0 fully saturated rings. The standard InChI is InChI=1S/C27H36N2O3/c1-18(28-26(2,3)4)21-14-10-8-12-19(21)16-23(30)24(31)17-20-13-9-11-15-22(20)25(32)29-27(5,6)7/h8-15,23,28,30H,1,16-17H2,2-7H3,(H,29,32). The lowest BCUT2D eigenvalue weighted by Crippen LogP contribution is -2.41. The maximum Gasteiger partial charge on any atom is 0.251 e. The van der Waals surface area contributed by atoms with Crippen LogP contribution in [0.25, 0.3) is 5.70 Å². The highest BCUT2D eigenvalue weighted by Crippen LogP contribution is 2.21. The third kappa shape index (κ3) is 7.65. The lowest BCUT2D eigenvalue weighted by Gasteiger charge is -2.25. The van der Waals surface area contributed by atoms with Gasteiger partial charge in [-0.05, 0) is 58.7 Å². The second-order valence-electron chi connectivity index (χ2n) is 10.2. The van der Waals surface area contributed by atoms with Crippen LogP contribution >= 0.6 is 0 Å². The minimum absolute atomic E-state index is 0.0156. The number of carbonyl (C=O) groups excluding carboxylic acids is 2. The van der Waals surface area contributed by atoms with Crippen LogP contribution < -0.4 is 10.6 Å². The third-order valence-corrected chi connectivity index (χ3v) is 4.77. The summed E-state index contributed by atoms with van der Waals surface area (Å²) in [5.41, 5.74) is 2.97. The van der Waals surface area contributed by atoms with Crippen LogP contribution in [0.3, 0.4) is 0 Å². The molecule has 172 valence electrons. The van der Waals surface area contributed by atoms with Crippen LogP contribution in [0.2, 0.25) is 0 Å². The molecule has 0 heterocycles. The van der Waals surface area contributed by atoms with Gasteiger partial charge < -0.3 is 15.7 Å². The molecule has 0 saturated carbocycles. The summed E-state index contributed by atoms with van der Waals surface area (Å²) in [6.45, 7) is 16.0. The van der Waals surface area contributed by atoms with Crippen molar-refractivity contribution in [1.29, 1.82) is 0 Å². The van der Waals surface area contributed by atoms with Gasteiger partial charge in [-0.3, -0.25) is 9.59 Å². The summed E-state index contributed by atoms with van der Waals surface area (Å²) < 4.78 is 0. The van der Waals surface area contributed by atoms with Gasteiger partial charge in [0.2, 0.25) is 0 Å². The lowest BCUT2D eigenvalue weighted by molar-refractivity contribution is -0.126. The molecule has 2 aromatic rings. The number of hydrogen-bond acceptors (Lipinski definition) is 4. The summed E-state index contributed by atoms with van der Waals surface area (Å²) in [6.07, 6.45) is -1.02. The van der Waals surface area contributed by atoms with Crippen molar-refractivity contribution < 1.29 is 14.7 Å². The lowest BCUT2D eigenvalue weighted by atomic mass is 9.93. The van der Waals surface area contributed by atoms with E-state index in [2.05, 4.69) is 17.2 Å². The minimum atomic E-state index is -1.18. The molecule has 0 saturated heterocycles. The highest BCUT2D eigenvalue weighted by molar-refractivity contribution is 5.98. The largest absolute Gasteiger partial charge is 0.385 e. The summed E-state index contributed by atoms with van der Waals surface area (Å²) >= 11 is 0. The maximum absolute atomic E-state index is 12.9. The topological polar surface area (TPSA) is 78.4 Å². The Morgan fingerprint density at radius 3 is 1.91 bits per heavy atom. The fourth-order valence-electron chi connectivity index (χ4n) is 3.44. The zero-order valence-electron chi connectivity index (χ0n) is 20.1. The summed E-state index contributed by atoms with van der Waals surface area (Å²) in [6, 6.07) is 14.6. The first-order valence-electron chi connectivity index (χ1n) is 10.9. The van der Waals surface area contributed by atoms with Gasteiger partial charge in [-0.2, -0.15) is 0 Å². The fourth-order valence-corrected chi connectivity index (χ4v) is 3.44. The number of rotatable bonds is 8. The molecular weight excluding hydrogens is 400 g/mol. The molecule has 5 nitrogen and oxygen atoms in total. The number of hydrogen-bond donors (Lipinski definition) is 3. The Hall–Kier alpha value is -2.92. The number of carbonyl (C=O) groups is 2. The first-order valence-corrected chi connectivity index (χ1v) is 10.9. The molecular formula is C27H36N2O3. The van der Waals surface area contributed by atoms with E-state index in [1.165, 1.54) is 0 Å². The van der Waals surface area contributed by atoms with E-state index in [9.17, 15) is 14.7 Å². The summed E-state index contributed by atoms with van der Waals surface area (Å²) in [4.78, 5) is 25.5. The van der Waals surface area contributed by atoms with Gasteiger partial charge in [0, 0.05) is 40.7 Å². The first kappa shape index (κ1) is 25.3. The average Bonchev–Trinajstić information content (AvgIpc) is 2.66. The first-order chi connectivity index (χ1) is 14.8. The molecule has 0 spiro atoms. The average molecular weight is 437 g/mol. The van der Waals surface area contributed by atoms with Crippen molar-refractivity contribution in [3.8, 4) is 0 Å². The Balaban J connectivity index is 2.16. The number of nitrogens with one attached hydrogen (secondary N) is 2. The predicted molar refractivity (Wildman–Crippen MR) is 130 cm³/mol. The monoisotopic (exact) mass is 436 g/mol. The molecule has 0 aliphatic rings. The van der Waals surface area contributed by atoms with Crippen molar-refractivity contribution >= 4 is 17.4 Å². The highest BCUT2D eigenvalue weighted by atomic mass is 16.3. The Kier molecular flexibility index (Phi) is 8.02. The van der Waals surface area contributed by atoms with Gasteiger partial charge in [0.15, 0.2) is 5.78 Å². The van der Waals surface area contributed by atoms with Crippen molar-refractivity contribution in [1.82, 2.24) is 10.6 Å². The molecule has 1 atom stereocenters. The van der Waals surface area contributed by atoms with Gasteiger partial charge in [-0.15, -0.1) is 0 Å². The van der Waals surface area contributed by atoms with E-state index in [-0.39, 0.29) is 35.6 Å². The molecule has 0 bridgehead atoms. The Morgan fingerprint density at radius 1 is 0.844 bits per heavy atom. The molecule has 0 radical (unpaired) electrons. The SMILES string of the molecule is C=C(NC(C)(C)C)c1ccccc1CC(O)C(=O)Cc1ccccc1C(=O)NC(C)(C)C. The van der Waals surface area contributed by atoms with E-state index in [0.29, 0.717) is 11.1 Å². The molecule has 0 aromatic heterocycles. The molecule has 1 amide bonds. The van der Waals surface area contributed by atoms with Gasteiger partial charge in [0.1, 0.15) is 6.10 Å². The van der Waals surface area contributed by atoms with Gasteiger partial charge in [-0.25, -0.2) is 0 Å². The zero-order chi connectivity index (χ0) is 24.1. The number of benzene rings is 2. The number of ketones is 1. The molecule has 0 aliphatic carbocycles. The van der Waals surface area contributed by atoms with Crippen molar-refractivity contribution in [3.63, 3.8) is 0 Å². The Bertz CT molecular complexity index is 981. The molecule has 32 heavy (non-hydrogen) atoms. The van der Waals surface area contributed by atoms with Crippen LogP contribution in [0.4, 0.5) is 0 Å². The van der Waals surface area contributed by atoms with Crippen molar-refractivity contribution in [3.05, 3.63) is 77.4 Å². The van der Waals surface area contributed by atoms with Crippen LogP contribution in [-0.4, -0.2) is 34.0 Å². The Labute approximate surface area is 191 Å². The highest BCUT2D eigenvalue weighted by Gasteiger charge is 2.23. The molecule has 2 rings (SSSR count). The molecule has 2 aromatic carbocycles. The van der Waals surface area contributed by atoms with Crippen LogP contribution in [0.5, 0.6) is 0 Å². The fraction of sp³-hybridized carbons (Fsp3) is 0.407. The summed E-state index contributed by atoms with van der Waals surface area (Å²) in [5.74, 6) is -0.560. The molecule has 0 aliphatic heterocycles. The van der Waals surface area contributed by atoms with Gasteiger partial charge in [-0.1, -0.05) is 49.0 Å². The number of aliphatic hydroxyl groups excluding tert-OH is 1. The molecule has 3 N–H and O–H groups in total.